The zero-order chi connectivity index (χ0) is 19.4. The van der Waals surface area contributed by atoms with Gasteiger partial charge in [0.2, 0.25) is 15.9 Å². The fraction of sp³-hybridized carbons (Fsp3) is 0.0500. The lowest BCUT2D eigenvalue weighted by atomic mass is 10.0. The van der Waals surface area contributed by atoms with Gasteiger partial charge < -0.3 is 11.1 Å². The molecule has 3 aromatic rings. The minimum absolute atomic E-state index is 0.0490. The molecule has 6 nitrogen and oxygen atoms in total. The zero-order valence-electron chi connectivity index (χ0n) is 14.4. The molecule has 27 heavy (non-hydrogen) atoms. The fourth-order valence-corrected chi connectivity index (χ4v) is 3.48. The van der Waals surface area contributed by atoms with Crippen molar-refractivity contribution >= 4 is 21.6 Å². The van der Waals surface area contributed by atoms with Gasteiger partial charge in [-0.2, -0.15) is 0 Å². The van der Waals surface area contributed by atoms with Crippen molar-refractivity contribution in [2.24, 2.45) is 10.9 Å². The number of sulfonamides is 1. The maximum absolute atomic E-state index is 12.3. The first-order chi connectivity index (χ1) is 12.9. The van der Waals surface area contributed by atoms with E-state index in [-0.39, 0.29) is 10.8 Å². The maximum Gasteiger partial charge on any atom is 0.245 e. The Kier molecular flexibility index (Phi) is 5.36. The van der Waals surface area contributed by atoms with Gasteiger partial charge in [0.15, 0.2) is 0 Å². The second kappa shape index (κ2) is 7.71. The van der Waals surface area contributed by atoms with Gasteiger partial charge in [0.1, 0.15) is 6.04 Å². The van der Waals surface area contributed by atoms with E-state index in [1.165, 1.54) is 6.07 Å². The van der Waals surface area contributed by atoms with Gasteiger partial charge in [-0.05, 0) is 29.3 Å². The van der Waals surface area contributed by atoms with E-state index in [0.717, 1.165) is 0 Å². The summed E-state index contributed by atoms with van der Waals surface area (Å²) < 4.78 is 23.5. The van der Waals surface area contributed by atoms with E-state index in [9.17, 15) is 13.2 Å². The summed E-state index contributed by atoms with van der Waals surface area (Å²) in [6.45, 7) is 0. The van der Waals surface area contributed by atoms with E-state index in [1.807, 2.05) is 18.2 Å². The highest BCUT2D eigenvalue weighted by molar-refractivity contribution is 7.89. The van der Waals surface area contributed by atoms with E-state index >= 15 is 0 Å². The molecule has 0 saturated heterocycles. The molecule has 3 rings (SSSR count). The molecule has 0 bridgehead atoms. The van der Waals surface area contributed by atoms with Crippen LogP contribution in [0.2, 0.25) is 0 Å². The standard InChI is InChI=1S/C20H19N3O3S/c21-19(15-6-2-1-3-7-15)20(24)23-16-12-10-14(11-13-16)17-8-4-5-9-18(17)27(22,25)26/h1-13,19H,21H2,(H,23,24)(H2,22,25,26). The Balaban J connectivity index is 1.80. The van der Waals surface area contributed by atoms with Crippen molar-refractivity contribution in [2.45, 2.75) is 10.9 Å². The molecule has 0 radical (unpaired) electrons. The molecule has 0 heterocycles. The van der Waals surface area contributed by atoms with Crippen molar-refractivity contribution < 1.29 is 13.2 Å². The maximum atomic E-state index is 12.3. The van der Waals surface area contributed by atoms with Gasteiger partial charge in [-0.1, -0.05) is 60.7 Å². The first-order valence-electron chi connectivity index (χ1n) is 8.20. The molecule has 0 fully saturated rings. The van der Waals surface area contributed by atoms with Crippen molar-refractivity contribution in [3.8, 4) is 11.1 Å². The number of carbonyl (C=O) groups excluding carboxylic acids is 1. The van der Waals surface area contributed by atoms with E-state index in [2.05, 4.69) is 5.32 Å². The Morgan fingerprint density at radius 3 is 2.07 bits per heavy atom. The van der Waals surface area contributed by atoms with E-state index in [4.69, 9.17) is 10.9 Å². The van der Waals surface area contributed by atoms with Gasteiger partial charge in [-0.25, -0.2) is 13.6 Å². The van der Waals surface area contributed by atoms with Crippen LogP contribution in [-0.2, 0) is 14.8 Å². The lowest BCUT2D eigenvalue weighted by Gasteiger charge is -2.13. The average Bonchev–Trinajstić information content (AvgIpc) is 2.68. The number of primary sulfonamides is 1. The van der Waals surface area contributed by atoms with Crippen LogP contribution in [0, 0.1) is 0 Å². The molecule has 0 aliphatic heterocycles. The van der Waals surface area contributed by atoms with E-state index in [0.29, 0.717) is 22.4 Å². The van der Waals surface area contributed by atoms with Gasteiger partial charge in [0.05, 0.1) is 4.90 Å². The van der Waals surface area contributed by atoms with Crippen molar-refractivity contribution in [3.63, 3.8) is 0 Å². The SMILES string of the molecule is NC(C(=O)Nc1ccc(-c2ccccc2S(N)(=O)=O)cc1)c1ccccc1. The minimum atomic E-state index is -3.84. The Morgan fingerprint density at radius 2 is 1.44 bits per heavy atom. The van der Waals surface area contributed by atoms with E-state index < -0.39 is 16.1 Å². The molecule has 7 heteroatoms. The van der Waals surface area contributed by atoms with Crippen molar-refractivity contribution in [2.75, 3.05) is 5.32 Å². The first kappa shape index (κ1) is 18.8. The summed E-state index contributed by atoms with van der Waals surface area (Å²) in [7, 11) is -3.84. The highest BCUT2D eigenvalue weighted by Crippen LogP contribution is 2.27. The van der Waals surface area contributed by atoms with Gasteiger partial charge >= 0.3 is 0 Å². The fourth-order valence-electron chi connectivity index (χ4n) is 2.72. The summed E-state index contributed by atoms with van der Waals surface area (Å²) in [5.74, 6) is -0.334. The van der Waals surface area contributed by atoms with Crippen LogP contribution in [0.4, 0.5) is 5.69 Å². The Morgan fingerprint density at radius 1 is 0.852 bits per heavy atom. The van der Waals surface area contributed by atoms with Crippen molar-refractivity contribution in [3.05, 3.63) is 84.4 Å². The summed E-state index contributed by atoms with van der Waals surface area (Å²) in [5, 5.41) is 8.04. The summed E-state index contributed by atoms with van der Waals surface area (Å²) in [4.78, 5) is 12.4. The van der Waals surface area contributed by atoms with Gasteiger partial charge in [0.25, 0.3) is 0 Å². The monoisotopic (exact) mass is 381 g/mol. The van der Waals surface area contributed by atoms with Crippen LogP contribution in [0.1, 0.15) is 11.6 Å². The third-order valence-electron chi connectivity index (χ3n) is 4.10. The predicted octanol–water partition coefficient (Wildman–Crippen LogP) is 2.64. The summed E-state index contributed by atoms with van der Waals surface area (Å²) in [6, 6.07) is 21.6. The van der Waals surface area contributed by atoms with Crippen LogP contribution < -0.4 is 16.2 Å². The largest absolute Gasteiger partial charge is 0.324 e. The highest BCUT2D eigenvalue weighted by Gasteiger charge is 2.17. The molecule has 1 unspecified atom stereocenters. The smallest absolute Gasteiger partial charge is 0.245 e. The van der Waals surface area contributed by atoms with Crippen LogP contribution >= 0.6 is 0 Å². The summed E-state index contributed by atoms with van der Waals surface area (Å²) in [5.41, 5.74) is 8.43. The lowest BCUT2D eigenvalue weighted by Crippen LogP contribution is -2.27. The third-order valence-corrected chi connectivity index (χ3v) is 5.07. The quantitative estimate of drug-likeness (QED) is 0.630. The molecular formula is C20H19N3O3S. The number of rotatable bonds is 5. The first-order valence-corrected chi connectivity index (χ1v) is 9.74. The Hall–Kier alpha value is -3.00. The molecule has 0 aromatic heterocycles. The number of nitrogens with two attached hydrogens (primary N) is 2. The van der Waals surface area contributed by atoms with Crippen molar-refractivity contribution in [1.29, 1.82) is 0 Å². The number of anilines is 1. The van der Waals surface area contributed by atoms with E-state index in [1.54, 1.807) is 54.6 Å². The molecule has 138 valence electrons. The minimum Gasteiger partial charge on any atom is -0.324 e. The molecule has 0 aliphatic carbocycles. The van der Waals surface area contributed by atoms with Crippen LogP contribution in [0.3, 0.4) is 0 Å². The molecule has 0 aliphatic rings. The number of hydrogen-bond acceptors (Lipinski definition) is 4. The van der Waals surface area contributed by atoms with Gasteiger partial charge in [-0.15, -0.1) is 0 Å². The topological polar surface area (TPSA) is 115 Å². The number of hydrogen-bond donors (Lipinski definition) is 3. The molecule has 5 N–H and O–H groups in total. The molecular weight excluding hydrogens is 362 g/mol. The third kappa shape index (κ3) is 4.40. The zero-order valence-corrected chi connectivity index (χ0v) is 15.2. The number of nitrogens with one attached hydrogen (secondary N) is 1. The van der Waals surface area contributed by atoms with Crippen LogP contribution in [0.5, 0.6) is 0 Å². The molecule has 1 amide bonds. The average molecular weight is 381 g/mol. The second-order valence-electron chi connectivity index (χ2n) is 6.00. The Bertz CT molecular complexity index is 1050. The molecule has 0 saturated carbocycles. The predicted molar refractivity (Wildman–Crippen MR) is 105 cm³/mol. The summed E-state index contributed by atoms with van der Waals surface area (Å²) >= 11 is 0. The number of amides is 1. The molecule has 1 atom stereocenters. The highest BCUT2D eigenvalue weighted by atomic mass is 32.2. The van der Waals surface area contributed by atoms with Crippen LogP contribution in [0.25, 0.3) is 11.1 Å². The van der Waals surface area contributed by atoms with Crippen LogP contribution in [0.15, 0.2) is 83.8 Å². The van der Waals surface area contributed by atoms with Gasteiger partial charge in [0, 0.05) is 11.3 Å². The van der Waals surface area contributed by atoms with Crippen LogP contribution in [-0.4, -0.2) is 14.3 Å². The number of carbonyl (C=O) groups is 1. The molecule has 3 aromatic carbocycles. The lowest BCUT2D eigenvalue weighted by molar-refractivity contribution is -0.117. The molecule has 0 spiro atoms. The normalized spacial score (nSPS) is 12.4. The van der Waals surface area contributed by atoms with Crippen molar-refractivity contribution in [1.82, 2.24) is 0 Å². The second-order valence-corrected chi connectivity index (χ2v) is 7.53. The Labute approximate surface area is 157 Å². The number of benzene rings is 3. The van der Waals surface area contributed by atoms with Gasteiger partial charge in [-0.3, -0.25) is 4.79 Å². The summed E-state index contributed by atoms with van der Waals surface area (Å²) in [6.07, 6.45) is 0.